The van der Waals surface area contributed by atoms with Gasteiger partial charge in [0, 0.05) is 29.4 Å². The summed E-state index contributed by atoms with van der Waals surface area (Å²) in [4.78, 5) is 20.5. The Balaban J connectivity index is 1.35. The molecule has 5 nitrogen and oxygen atoms in total. The number of benzene rings is 1. The third-order valence-electron chi connectivity index (χ3n) is 6.29. The zero-order valence-electron chi connectivity index (χ0n) is 17.8. The van der Waals surface area contributed by atoms with Crippen LogP contribution in [-0.4, -0.2) is 49.6 Å². The van der Waals surface area contributed by atoms with E-state index in [1.54, 1.807) is 25.6 Å². The highest BCUT2D eigenvalue weighted by atomic mass is 32.1. The Morgan fingerprint density at radius 3 is 2.58 bits per heavy atom. The van der Waals surface area contributed by atoms with E-state index >= 15 is 0 Å². The van der Waals surface area contributed by atoms with E-state index in [1.807, 2.05) is 28.4 Å². The molecule has 2 aromatic heterocycles. The number of carbonyl (C=O) groups excluding carboxylic acids is 1. The van der Waals surface area contributed by atoms with Crippen LogP contribution in [0.15, 0.2) is 41.1 Å². The average molecular weight is 455 g/mol. The van der Waals surface area contributed by atoms with Crippen molar-refractivity contribution in [1.29, 1.82) is 0 Å². The maximum absolute atomic E-state index is 13.4. The molecule has 0 aliphatic carbocycles. The minimum atomic E-state index is 0.181. The number of amides is 1. The molecule has 5 rings (SSSR count). The second-order valence-corrected chi connectivity index (χ2v) is 9.96. The van der Waals surface area contributed by atoms with Gasteiger partial charge in [-0.3, -0.25) is 9.69 Å². The molecule has 4 heterocycles. The lowest BCUT2D eigenvalue weighted by Crippen LogP contribution is -2.45. The highest BCUT2D eigenvalue weighted by Gasteiger charge is 2.33. The topological polar surface area (TPSA) is 42.0 Å². The van der Waals surface area contributed by atoms with Crippen LogP contribution >= 0.6 is 22.7 Å². The molecule has 1 unspecified atom stereocenters. The lowest BCUT2D eigenvalue weighted by Gasteiger charge is -2.37. The molecule has 2 aliphatic heterocycles. The van der Waals surface area contributed by atoms with Gasteiger partial charge in [0.15, 0.2) is 11.5 Å². The van der Waals surface area contributed by atoms with E-state index < -0.39 is 0 Å². The first kappa shape index (κ1) is 20.5. The Morgan fingerprint density at radius 1 is 1.03 bits per heavy atom. The van der Waals surface area contributed by atoms with E-state index in [0.717, 1.165) is 37.2 Å². The van der Waals surface area contributed by atoms with Crippen molar-refractivity contribution in [2.45, 2.75) is 25.4 Å². The lowest BCUT2D eigenvalue weighted by molar-refractivity contribution is -0.133. The predicted molar refractivity (Wildman–Crippen MR) is 124 cm³/mol. The second kappa shape index (κ2) is 8.65. The van der Waals surface area contributed by atoms with Gasteiger partial charge in [-0.05, 0) is 64.6 Å². The monoisotopic (exact) mass is 454 g/mol. The normalized spacial score (nSPS) is 18.4. The number of ether oxygens (including phenoxy) is 2. The zero-order valence-corrected chi connectivity index (χ0v) is 19.4. The summed E-state index contributed by atoms with van der Waals surface area (Å²) in [6.07, 6.45) is 1.85. The van der Waals surface area contributed by atoms with Gasteiger partial charge in [0.2, 0.25) is 5.91 Å². The van der Waals surface area contributed by atoms with E-state index in [4.69, 9.17) is 9.47 Å². The minimum Gasteiger partial charge on any atom is -0.493 e. The first-order valence-corrected chi connectivity index (χ1v) is 12.3. The molecule has 2 aliphatic rings. The van der Waals surface area contributed by atoms with Crippen LogP contribution in [0.4, 0.5) is 0 Å². The molecule has 3 aromatic rings. The van der Waals surface area contributed by atoms with Crippen LogP contribution in [0.2, 0.25) is 0 Å². The summed E-state index contributed by atoms with van der Waals surface area (Å²) < 4.78 is 10.9. The van der Waals surface area contributed by atoms with Crippen molar-refractivity contribution in [2.75, 3.05) is 33.9 Å². The van der Waals surface area contributed by atoms with Gasteiger partial charge >= 0.3 is 0 Å². The molecule has 1 aromatic carbocycles. The minimum absolute atomic E-state index is 0.181. The fourth-order valence-electron chi connectivity index (χ4n) is 4.69. The number of methoxy groups -OCH3 is 2. The van der Waals surface area contributed by atoms with Gasteiger partial charge in [-0.25, -0.2) is 0 Å². The van der Waals surface area contributed by atoms with Crippen LogP contribution in [0.3, 0.4) is 0 Å². The van der Waals surface area contributed by atoms with E-state index in [-0.39, 0.29) is 11.9 Å². The number of nitrogens with zero attached hydrogens (tertiary/aromatic N) is 2. The van der Waals surface area contributed by atoms with Crippen molar-refractivity contribution < 1.29 is 14.3 Å². The maximum Gasteiger partial charge on any atom is 0.237 e. The van der Waals surface area contributed by atoms with Crippen molar-refractivity contribution in [2.24, 2.45) is 0 Å². The summed E-state index contributed by atoms with van der Waals surface area (Å²) in [6, 6.07) is 10.8. The number of fused-ring (bicyclic) bond motifs is 2. The Labute approximate surface area is 190 Å². The molecule has 0 spiro atoms. The van der Waals surface area contributed by atoms with Crippen LogP contribution in [0, 0.1) is 0 Å². The van der Waals surface area contributed by atoms with Crippen LogP contribution in [0.25, 0.3) is 0 Å². The highest BCUT2D eigenvalue weighted by Crippen LogP contribution is 2.39. The number of hydrogen-bond acceptors (Lipinski definition) is 6. The van der Waals surface area contributed by atoms with E-state index in [2.05, 4.69) is 33.9 Å². The van der Waals surface area contributed by atoms with E-state index in [0.29, 0.717) is 18.8 Å². The molecule has 7 heteroatoms. The fraction of sp³-hybridized carbons (Fsp3) is 0.375. The molecule has 0 N–H and O–H groups in total. The molecule has 1 atom stereocenters. The first-order valence-electron chi connectivity index (χ1n) is 10.5. The number of thiophene rings is 2. The molecular formula is C24H26N2O3S2. The zero-order chi connectivity index (χ0) is 21.4. The lowest BCUT2D eigenvalue weighted by atomic mass is 9.97. The van der Waals surface area contributed by atoms with E-state index in [9.17, 15) is 4.79 Å². The largest absolute Gasteiger partial charge is 0.493 e. The van der Waals surface area contributed by atoms with Crippen molar-refractivity contribution in [3.05, 3.63) is 67.5 Å². The third-order valence-corrected chi connectivity index (χ3v) is 8.21. The fourth-order valence-corrected chi connectivity index (χ4v) is 6.47. The molecule has 31 heavy (non-hydrogen) atoms. The van der Waals surface area contributed by atoms with E-state index in [1.165, 1.54) is 20.9 Å². The smallest absolute Gasteiger partial charge is 0.237 e. The van der Waals surface area contributed by atoms with Crippen LogP contribution in [0.5, 0.6) is 11.5 Å². The summed E-state index contributed by atoms with van der Waals surface area (Å²) in [6.45, 7) is 2.72. The molecule has 0 fully saturated rings. The summed E-state index contributed by atoms with van der Waals surface area (Å²) >= 11 is 3.61. The Kier molecular flexibility index (Phi) is 5.73. The number of hydrogen-bond donors (Lipinski definition) is 0. The van der Waals surface area contributed by atoms with Gasteiger partial charge in [0.25, 0.3) is 0 Å². The van der Waals surface area contributed by atoms with Crippen LogP contribution < -0.4 is 9.47 Å². The van der Waals surface area contributed by atoms with Gasteiger partial charge in [0.05, 0.1) is 26.8 Å². The molecule has 1 amide bonds. The predicted octanol–water partition coefficient (Wildman–Crippen LogP) is 4.36. The summed E-state index contributed by atoms with van der Waals surface area (Å²) in [5.41, 5.74) is 3.75. The Bertz CT molecular complexity index is 1080. The molecule has 0 radical (unpaired) electrons. The summed E-state index contributed by atoms with van der Waals surface area (Å²) in [5, 5.41) is 4.30. The number of rotatable bonds is 5. The molecule has 0 saturated carbocycles. The SMILES string of the molecule is COc1cc2c(cc1OC)CN(C(=O)CN1CCc3sccc3C1c1cccs1)CC2. The molecule has 0 saturated heterocycles. The van der Waals surface area contributed by atoms with Crippen molar-refractivity contribution >= 4 is 28.6 Å². The standard InChI is InChI=1S/C24H26N2O3S2/c1-28-19-12-16-5-8-25(14-17(16)13-20(19)29-2)23(27)15-26-9-6-21-18(7-11-31-21)24(26)22-4-3-10-30-22/h3-4,7,10-13,24H,5-6,8-9,14-15H2,1-2H3. The van der Waals surface area contributed by atoms with Gasteiger partial charge < -0.3 is 14.4 Å². The first-order chi connectivity index (χ1) is 15.2. The second-order valence-electron chi connectivity index (χ2n) is 7.98. The summed E-state index contributed by atoms with van der Waals surface area (Å²) in [7, 11) is 3.31. The third kappa shape index (κ3) is 3.86. The Hall–Kier alpha value is -2.35. The van der Waals surface area contributed by atoms with Gasteiger partial charge in [-0.15, -0.1) is 22.7 Å². The van der Waals surface area contributed by atoms with Gasteiger partial charge in [0.1, 0.15) is 0 Å². The Morgan fingerprint density at radius 2 is 1.84 bits per heavy atom. The summed E-state index contributed by atoms with van der Waals surface area (Å²) in [5.74, 6) is 1.66. The molecular weight excluding hydrogens is 428 g/mol. The quantitative estimate of drug-likeness (QED) is 0.575. The maximum atomic E-state index is 13.4. The van der Waals surface area contributed by atoms with Crippen molar-refractivity contribution in [1.82, 2.24) is 9.80 Å². The average Bonchev–Trinajstić information content (AvgIpc) is 3.49. The van der Waals surface area contributed by atoms with Gasteiger partial charge in [-0.2, -0.15) is 0 Å². The van der Waals surface area contributed by atoms with Gasteiger partial charge in [-0.1, -0.05) is 6.07 Å². The number of carbonyl (C=O) groups is 1. The molecule has 0 bridgehead atoms. The van der Waals surface area contributed by atoms with Crippen LogP contribution in [0.1, 0.15) is 32.5 Å². The van der Waals surface area contributed by atoms with Crippen molar-refractivity contribution in [3.63, 3.8) is 0 Å². The van der Waals surface area contributed by atoms with Crippen molar-refractivity contribution in [3.8, 4) is 11.5 Å². The molecule has 162 valence electrons. The van der Waals surface area contributed by atoms with Crippen LogP contribution in [-0.2, 0) is 24.2 Å². The highest BCUT2D eigenvalue weighted by molar-refractivity contribution is 7.10.